The molecule has 0 bridgehead atoms. The number of hydrogen-bond donors (Lipinski definition) is 2. The number of nitrogens with one attached hydrogen (secondary N) is 1. The number of amides is 1. The van der Waals surface area contributed by atoms with Crippen LogP contribution < -0.4 is 11.1 Å². The quantitative estimate of drug-likeness (QED) is 0.785. The van der Waals surface area contributed by atoms with Crippen LogP contribution in [0.3, 0.4) is 0 Å². The molecule has 0 fully saturated rings. The second kappa shape index (κ2) is 5.37. The van der Waals surface area contributed by atoms with Gasteiger partial charge in [-0.25, -0.2) is 0 Å². The van der Waals surface area contributed by atoms with E-state index < -0.39 is 0 Å². The summed E-state index contributed by atoms with van der Waals surface area (Å²) in [6.45, 7) is 0.215. The second-order valence-electron chi connectivity index (χ2n) is 3.47. The molecule has 0 radical (unpaired) electrons. The standard InChI is InChI=1S/C11H10N4O2S/c12-10(18)7-1-3-8(4-2-7)11(16)13-5-9-14-6-17-15-9/h1-4,6H,5H2,(H2,12,18)(H,13,16). The highest BCUT2D eigenvalue weighted by Crippen LogP contribution is 2.04. The molecular weight excluding hydrogens is 252 g/mol. The van der Waals surface area contributed by atoms with Crippen molar-refractivity contribution in [2.75, 3.05) is 0 Å². The molecule has 0 atom stereocenters. The molecule has 0 saturated carbocycles. The van der Waals surface area contributed by atoms with Gasteiger partial charge in [0.25, 0.3) is 5.91 Å². The molecule has 6 nitrogen and oxygen atoms in total. The fraction of sp³-hybridized carbons (Fsp3) is 0.0909. The number of carbonyl (C=O) groups excluding carboxylic acids is 1. The van der Waals surface area contributed by atoms with Crippen LogP contribution in [-0.2, 0) is 6.54 Å². The lowest BCUT2D eigenvalue weighted by molar-refractivity contribution is 0.0949. The smallest absolute Gasteiger partial charge is 0.251 e. The van der Waals surface area contributed by atoms with E-state index in [1.54, 1.807) is 24.3 Å². The Hall–Kier alpha value is -2.28. The van der Waals surface area contributed by atoms with Crippen LogP contribution >= 0.6 is 12.2 Å². The van der Waals surface area contributed by atoms with Crippen LogP contribution in [-0.4, -0.2) is 21.0 Å². The first-order chi connectivity index (χ1) is 8.66. The van der Waals surface area contributed by atoms with Crippen molar-refractivity contribution in [3.05, 3.63) is 47.6 Å². The highest BCUT2D eigenvalue weighted by atomic mass is 32.1. The third kappa shape index (κ3) is 2.89. The Balaban J connectivity index is 1.98. The molecule has 3 N–H and O–H groups in total. The largest absolute Gasteiger partial charge is 0.389 e. The molecule has 0 unspecified atom stereocenters. The lowest BCUT2D eigenvalue weighted by Gasteiger charge is -2.03. The predicted molar refractivity (Wildman–Crippen MR) is 67.8 cm³/mol. The van der Waals surface area contributed by atoms with Gasteiger partial charge in [-0.15, -0.1) is 0 Å². The van der Waals surface area contributed by atoms with Gasteiger partial charge in [0.1, 0.15) is 4.99 Å². The summed E-state index contributed by atoms with van der Waals surface area (Å²) >= 11 is 4.83. The zero-order chi connectivity index (χ0) is 13.0. The Bertz CT molecular complexity index is 551. The van der Waals surface area contributed by atoms with Crippen LogP contribution in [0.1, 0.15) is 21.7 Å². The van der Waals surface area contributed by atoms with E-state index in [0.717, 1.165) is 5.56 Å². The maximum absolute atomic E-state index is 11.8. The molecule has 0 aliphatic rings. The zero-order valence-corrected chi connectivity index (χ0v) is 10.1. The molecule has 7 heteroatoms. The molecule has 0 aliphatic heterocycles. The third-order valence-corrected chi connectivity index (χ3v) is 2.48. The van der Waals surface area contributed by atoms with Gasteiger partial charge in [-0.1, -0.05) is 29.5 Å². The lowest BCUT2D eigenvalue weighted by atomic mass is 10.1. The molecule has 1 heterocycles. The summed E-state index contributed by atoms with van der Waals surface area (Å²) in [5.74, 6) is 0.192. The average Bonchev–Trinajstić information content (AvgIpc) is 2.89. The highest BCUT2D eigenvalue weighted by Gasteiger charge is 2.07. The van der Waals surface area contributed by atoms with Crippen LogP contribution in [0.25, 0.3) is 0 Å². The van der Waals surface area contributed by atoms with E-state index in [9.17, 15) is 4.79 Å². The molecular formula is C11H10N4O2S. The molecule has 1 aromatic carbocycles. The van der Waals surface area contributed by atoms with Crippen molar-refractivity contribution >= 4 is 23.1 Å². The van der Waals surface area contributed by atoms with E-state index in [0.29, 0.717) is 16.4 Å². The van der Waals surface area contributed by atoms with Gasteiger partial charge in [-0.2, -0.15) is 4.98 Å². The summed E-state index contributed by atoms with van der Waals surface area (Å²) in [7, 11) is 0. The van der Waals surface area contributed by atoms with Gasteiger partial charge in [0, 0.05) is 11.1 Å². The van der Waals surface area contributed by atoms with Gasteiger partial charge in [0.2, 0.25) is 6.39 Å². The van der Waals surface area contributed by atoms with Gasteiger partial charge in [-0.3, -0.25) is 4.79 Å². The first-order valence-electron chi connectivity index (χ1n) is 5.10. The van der Waals surface area contributed by atoms with E-state index in [2.05, 4.69) is 20.0 Å². The van der Waals surface area contributed by atoms with Gasteiger partial charge < -0.3 is 15.6 Å². The molecule has 0 spiro atoms. The van der Waals surface area contributed by atoms with Crippen molar-refractivity contribution in [1.29, 1.82) is 0 Å². The fourth-order valence-corrected chi connectivity index (χ4v) is 1.45. The van der Waals surface area contributed by atoms with Crippen LogP contribution in [0.4, 0.5) is 0 Å². The zero-order valence-electron chi connectivity index (χ0n) is 9.29. The maximum atomic E-state index is 11.8. The van der Waals surface area contributed by atoms with Crippen LogP contribution in [0, 0.1) is 0 Å². The van der Waals surface area contributed by atoms with Gasteiger partial charge in [0.05, 0.1) is 6.54 Å². The molecule has 18 heavy (non-hydrogen) atoms. The number of benzene rings is 1. The van der Waals surface area contributed by atoms with Crippen molar-refractivity contribution in [3.63, 3.8) is 0 Å². The summed E-state index contributed by atoms with van der Waals surface area (Å²) in [6, 6.07) is 6.71. The minimum absolute atomic E-state index is 0.215. The lowest BCUT2D eigenvalue weighted by Crippen LogP contribution is -2.23. The monoisotopic (exact) mass is 262 g/mol. The molecule has 2 rings (SSSR count). The Morgan fingerprint density at radius 3 is 2.56 bits per heavy atom. The number of thiocarbonyl (C=S) groups is 1. The normalized spacial score (nSPS) is 10.0. The number of aromatic nitrogens is 2. The van der Waals surface area contributed by atoms with Crippen LogP contribution in [0.5, 0.6) is 0 Å². The minimum Gasteiger partial charge on any atom is -0.389 e. The summed E-state index contributed by atoms with van der Waals surface area (Å²) in [5, 5.41) is 6.25. The Kier molecular flexibility index (Phi) is 3.63. The maximum Gasteiger partial charge on any atom is 0.251 e. The Morgan fingerprint density at radius 2 is 2.00 bits per heavy atom. The topological polar surface area (TPSA) is 94.0 Å². The van der Waals surface area contributed by atoms with E-state index in [1.807, 2.05) is 0 Å². The molecule has 0 saturated heterocycles. The Morgan fingerprint density at radius 1 is 1.33 bits per heavy atom. The van der Waals surface area contributed by atoms with Crippen LogP contribution in [0.15, 0.2) is 35.2 Å². The highest BCUT2D eigenvalue weighted by molar-refractivity contribution is 7.80. The number of rotatable bonds is 4. The van der Waals surface area contributed by atoms with E-state index in [4.69, 9.17) is 18.0 Å². The molecule has 2 aromatic rings. The molecule has 92 valence electrons. The van der Waals surface area contributed by atoms with Crippen molar-refractivity contribution in [1.82, 2.24) is 15.5 Å². The molecule has 1 aromatic heterocycles. The van der Waals surface area contributed by atoms with E-state index in [1.165, 1.54) is 6.39 Å². The van der Waals surface area contributed by atoms with Gasteiger partial charge in [0.15, 0.2) is 5.82 Å². The van der Waals surface area contributed by atoms with Gasteiger partial charge >= 0.3 is 0 Å². The van der Waals surface area contributed by atoms with Crippen molar-refractivity contribution in [3.8, 4) is 0 Å². The molecule has 1 amide bonds. The third-order valence-electron chi connectivity index (χ3n) is 2.25. The van der Waals surface area contributed by atoms with Crippen LogP contribution in [0.2, 0.25) is 0 Å². The van der Waals surface area contributed by atoms with Gasteiger partial charge in [-0.05, 0) is 12.1 Å². The number of nitrogens with zero attached hydrogens (tertiary/aromatic N) is 2. The van der Waals surface area contributed by atoms with Crippen molar-refractivity contribution in [2.45, 2.75) is 6.54 Å². The average molecular weight is 262 g/mol. The predicted octanol–water partition coefficient (Wildman–Crippen LogP) is 0.634. The Labute approximate surface area is 108 Å². The van der Waals surface area contributed by atoms with Crippen molar-refractivity contribution in [2.24, 2.45) is 5.73 Å². The van der Waals surface area contributed by atoms with Crippen molar-refractivity contribution < 1.29 is 9.32 Å². The number of nitrogens with two attached hydrogens (primary N) is 1. The second-order valence-corrected chi connectivity index (χ2v) is 3.91. The SMILES string of the molecule is NC(=S)c1ccc(C(=O)NCc2ncon2)cc1. The minimum atomic E-state index is -0.228. The summed E-state index contributed by atoms with van der Waals surface area (Å²) < 4.78 is 4.55. The summed E-state index contributed by atoms with van der Waals surface area (Å²) in [6.07, 6.45) is 1.21. The summed E-state index contributed by atoms with van der Waals surface area (Å²) in [5.41, 5.74) is 6.70. The summed E-state index contributed by atoms with van der Waals surface area (Å²) in [4.78, 5) is 15.9. The molecule has 0 aliphatic carbocycles. The first-order valence-corrected chi connectivity index (χ1v) is 5.51. The number of hydrogen-bond acceptors (Lipinski definition) is 5. The fourth-order valence-electron chi connectivity index (χ4n) is 1.32. The first kappa shape index (κ1) is 12.2. The number of carbonyl (C=O) groups is 1. The van der Waals surface area contributed by atoms with E-state index in [-0.39, 0.29) is 12.5 Å². The van der Waals surface area contributed by atoms with E-state index >= 15 is 0 Å².